The lowest BCUT2D eigenvalue weighted by Gasteiger charge is -2.22. The lowest BCUT2D eigenvalue weighted by molar-refractivity contribution is 0.304. The molecule has 1 heterocycles. The van der Waals surface area contributed by atoms with E-state index >= 15 is 0 Å². The number of hydrogen-bond acceptors (Lipinski definition) is 3. The molecule has 2 saturated carbocycles. The normalized spacial score (nSPS) is 17.2. The van der Waals surface area contributed by atoms with E-state index in [1.165, 1.54) is 11.1 Å². The summed E-state index contributed by atoms with van der Waals surface area (Å²) in [4.78, 5) is 4.44. The van der Waals surface area contributed by atoms with Gasteiger partial charge >= 0.3 is 0 Å². The summed E-state index contributed by atoms with van der Waals surface area (Å²) in [5.41, 5.74) is 4.54. The van der Waals surface area contributed by atoms with Crippen LogP contribution in [0.1, 0.15) is 36.8 Å². The van der Waals surface area contributed by atoms with Gasteiger partial charge in [-0.2, -0.15) is 0 Å². The van der Waals surface area contributed by atoms with Crippen LogP contribution in [0.4, 0.5) is 0 Å². The Hall–Kier alpha value is -2.07. The second-order valence-corrected chi connectivity index (χ2v) is 8.82. The van der Waals surface area contributed by atoms with Crippen molar-refractivity contribution < 1.29 is 4.74 Å². The van der Waals surface area contributed by atoms with Gasteiger partial charge in [-0.15, -0.1) is 0 Å². The third-order valence-electron chi connectivity index (χ3n) is 5.64. The van der Waals surface area contributed by atoms with Crippen LogP contribution in [0.25, 0.3) is 11.1 Å². The van der Waals surface area contributed by atoms with Crippen LogP contribution < -0.4 is 10.1 Å². The van der Waals surface area contributed by atoms with Crippen LogP contribution >= 0.6 is 23.2 Å². The van der Waals surface area contributed by atoms with Gasteiger partial charge in [-0.3, -0.25) is 4.98 Å². The standard InChI is InChI=1S/C24H22Cl2N2O/c25-17-11-16(12-18(26)13-17)14-28-24(8-9-24)22-15-27-10-7-20(22)21-3-1-2-4-23(21)29-19-5-6-19/h1-4,7,10-13,15,19,28H,5-6,8-9,14H2. The average molecular weight is 425 g/mol. The molecule has 2 aliphatic rings. The zero-order valence-electron chi connectivity index (χ0n) is 16.0. The van der Waals surface area contributed by atoms with Crippen LogP contribution in [0.15, 0.2) is 60.9 Å². The summed E-state index contributed by atoms with van der Waals surface area (Å²) in [6.45, 7) is 0.703. The fourth-order valence-corrected chi connectivity index (χ4v) is 4.39. The number of halogens is 2. The number of pyridine rings is 1. The van der Waals surface area contributed by atoms with E-state index in [9.17, 15) is 0 Å². The summed E-state index contributed by atoms with van der Waals surface area (Å²) in [6, 6.07) is 16.1. The summed E-state index contributed by atoms with van der Waals surface area (Å²) in [6.07, 6.45) is 8.66. The molecule has 0 radical (unpaired) electrons. The molecule has 0 unspecified atom stereocenters. The molecule has 3 aromatic rings. The Morgan fingerprint density at radius 2 is 1.76 bits per heavy atom. The predicted octanol–water partition coefficient (Wildman–Crippen LogP) is 6.38. The highest BCUT2D eigenvalue weighted by atomic mass is 35.5. The van der Waals surface area contributed by atoms with E-state index in [-0.39, 0.29) is 5.54 Å². The summed E-state index contributed by atoms with van der Waals surface area (Å²) in [7, 11) is 0. The predicted molar refractivity (Wildman–Crippen MR) is 118 cm³/mol. The van der Waals surface area contributed by atoms with Gasteiger partial charge in [0.25, 0.3) is 0 Å². The Kier molecular flexibility index (Phi) is 4.99. The molecule has 0 atom stereocenters. The van der Waals surface area contributed by atoms with Gasteiger partial charge in [-0.1, -0.05) is 41.4 Å². The largest absolute Gasteiger partial charge is 0.490 e. The second kappa shape index (κ2) is 7.64. The first-order valence-electron chi connectivity index (χ1n) is 10.0. The molecule has 29 heavy (non-hydrogen) atoms. The van der Waals surface area contributed by atoms with Crippen molar-refractivity contribution in [2.45, 2.75) is 43.9 Å². The van der Waals surface area contributed by atoms with Crippen molar-refractivity contribution in [1.29, 1.82) is 0 Å². The molecule has 1 aromatic heterocycles. The fourth-order valence-electron chi connectivity index (χ4n) is 3.82. The molecule has 1 N–H and O–H groups in total. The van der Waals surface area contributed by atoms with Gasteiger partial charge in [0.15, 0.2) is 0 Å². The smallest absolute Gasteiger partial charge is 0.127 e. The zero-order chi connectivity index (χ0) is 19.8. The van der Waals surface area contributed by atoms with E-state index in [2.05, 4.69) is 34.6 Å². The van der Waals surface area contributed by atoms with Crippen molar-refractivity contribution in [3.05, 3.63) is 82.1 Å². The monoisotopic (exact) mass is 424 g/mol. The molecule has 148 valence electrons. The number of para-hydroxylation sites is 1. The highest BCUT2D eigenvalue weighted by Crippen LogP contribution is 2.50. The van der Waals surface area contributed by atoms with Crippen LogP contribution in [-0.2, 0) is 12.1 Å². The van der Waals surface area contributed by atoms with Crippen molar-refractivity contribution in [1.82, 2.24) is 10.3 Å². The number of rotatable bonds is 7. The van der Waals surface area contributed by atoms with E-state index in [0.717, 1.165) is 42.6 Å². The number of hydrogen-bond donors (Lipinski definition) is 1. The minimum Gasteiger partial charge on any atom is -0.490 e. The summed E-state index contributed by atoms with van der Waals surface area (Å²) >= 11 is 12.3. The van der Waals surface area contributed by atoms with E-state index < -0.39 is 0 Å². The molecule has 3 nitrogen and oxygen atoms in total. The second-order valence-electron chi connectivity index (χ2n) is 7.95. The molecule has 2 aromatic carbocycles. The van der Waals surface area contributed by atoms with Gasteiger partial charge in [0.2, 0.25) is 0 Å². The van der Waals surface area contributed by atoms with Crippen molar-refractivity contribution in [3.63, 3.8) is 0 Å². The Bertz CT molecular complexity index is 1020. The molecular formula is C24H22Cl2N2O. The molecule has 0 amide bonds. The third kappa shape index (κ3) is 4.13. The van der Waals surface area contributed by atoms with Crippen molar-refractivity contribution >= 4 is 23.2 Å². The van der Waals surface area contributed by atoms with Gasteiger partial charge in [-0.25, -0.2) is 0 Å². The number of aromatic nitrogens is 1. The first-order chi connectivity index (χ1) is 14.1. The maximum atomic E-state index is 6.18. The van der Waals surface area contributed by atoms with Gasteiger partial charge in [-0.05, 0) is 72.7 Å². The van der Waals surface area contributed by atoms with E-state index in [4.69, 9.17) is 27.9 Å². The molecule has 0 bridgehead atoms. The van der Waals surface area contributed by atoms with Crippen molar-refractivity contribution in [2.75, 3.05) is 0 Å². The van der Waals surface area contributed by atoms with Gasteiger partial charge in [0.05, 0.1) is 6.10 Å². The molecule has 0 saturated heterocycles. The summed E-state index contributed by atoms with van der Waals surface area (Å²) < 4.78 is 6.18. The maximum Gasteiger partial charge on any atom is 0.127 e. The lowest BCUT2D eigenvalue weighted by Crippen LogP contribution is -2.29. The molecule has 0 spiro atoms. The Morgan fingerprint density at radius 3 is 2.48 bits per heavy atom. The molecule has 2 aliphatic carbocycles. The molecular weight excluding hydrogens is 403 g/mol. The summed E-state index contributed by atoms with van der Waals surface area (Å²) in [5, 5.41) is 5.06. The topological polar surface area (TPSA) is 34.2 Å². The van der Waals surface area contributed by atoms with Crippen molar-refractivity contribution in [2.24, 2.45) is 0 Å². The summed E-state index contributed by atoms with van der Waals surface area (Å²) in [5.74, 6) is 0.958. The zero-order valence-corrected chi connectivity index (χ0v) is 17.5. The van der Waals surface area contributed by atoms with Crippen molar-refractivity contribution in [3.8, 4) is 16.9 Å². The quantitative estimate of drug-likeness (QED) is 0.477. The lowest BCUT2D eigenvalue weighted by atomic mass is 9.94. The number of nitrogens with one attached hydrogen (secondary N) is 1. The first kappa shape index (κ1) is 18.9. The molecule has 5 rings (SSSR count). The number of benzene rings is 2. The Morgan fingerprint density at radius 1 is 1.00 bits per heavy atom. The average Bonchev–Trinajstić information content (AvgIpc) is 3.63. The highest BCUT2D eigenvalue weighted by molar-refractivity contribution is 6.34. The van der Waals surface area contributed by atoms with Crippen LogP contribution in [0.3, 0.4) is 0 Å². The van der Waals surface area contributed by atoms with E-state index in [1.54, 1.807) is 6.07 Å². The highest BCUT2D eigenvalue weighted by Gasteiger charge is 2.45. The number of nitrogens with zero attached hydrogens (tertiary/aromatic N) is 1. The van der Waals surface area contributed by atoms with Crippen LogP contribution in [-0.4, -0.2) is 11.1 Å². The van der Waals surface area contributed by atoms with Crippen LogP contribution in [0.5, 0.6) is 5.75 Å². The maximum absolute atomic E-state index is 6.18. The number of ether oxygens (including phenoxy) is 1. The SMILES string of the molecule is Clc1cc(Cl)cc(CNC2(c3cnccc3-c3ccccc3OC3CC3)CC2)c1. The molecule has 2 fully saturated rings. The minimum atomic E-state index is -0.0783. The Labute approximate surface area is 181 Å². The van der Waals surface area contributed by atoms with Gasteiger partial charge < -0.3 is 10.1 Å². The first-order valence-corrected chi connectivity index (χ1v) is 10.8. The molecule has 5 heteroatoms. The minimum absolute atomic E-state index is 0.0783. The molecule has 0 aliphatic heterocycles. The van der Waals surface area contributed by atoms with Crippen LogP contribution in [0.2, 0.25) is 10.0 Å². The van der Waals surface area contributed by atoms with Crippen LogP contribution in [0, 0.1) is 0 Å². The van der Waals surface area contributed by atoms with E-state index in [0.29, 0.717) is 22.7 Å². The Balaban J connectivity index is 1.45. The third-order valence-corrected chi connectivity index (χ3v) is 6.07. The van der Waals surface area contributed by atoms with E-state index in [1.807, 2.05) is 30.6 Å². The van der Waals surface area contributed by atoms with Gasteiger partial charge in [0.1, 0.15) is 5.75 Å². The fraction of sp³-hybridized carbons (Fsp3) is 0.292. The van der Waals surface area contributed by atoms with Gasteiger partial charge in [0, 0.05) is 40.1 Å².